The third-order valence-electron chi connectivity index (χ3n) is 6.37. The molecule has 2 heterocycles. The van der Waals surface area contributed by atoms with E-state index in [4.69, 9.17) is 19.3 Å². The van der Waals surface area contributed by atoms with Crippen LogP contribution in [0.15, 0.2) is 77.3 Å². The Morgan fingerprint density at radius 1 is 1.03 bits per heavy atom. The Kier molecular flexibility index (Phi) is 7.80. The maximum atomic E-state index is 13.1. The fourth-order valence-corrected chi connectivity index (χ4v) is 4.69. The summed E-state index contributed by atoms with van der Waals surface area (Å²) in [6.45, 7) is 5.41. The minimum atomic E-state index is -0.941. The van der Waals surface area contributed by atoms with Gasteiger partial charge in [0.15, 0.2) is 5.75 Å². The van der Waals surface area contributed by atoms with Crippen LogP contribution >= 0.6 is 0 Å². The van der Waals surface area contributed by atoms with E-state index in [1.807, 2.05) is 30.3 Å². The zero-order valence-corrected chi connectivity index (χ0v) is 22.2. The van der Waals surface area contributed by atoms with Crippen molar-refractivity contribution >= 4 is 17.6 Å². The van der Waals surface area contributed by atoms with Crippen LogP contribution in [0.2, 0.25) is 0 Å². The van der Waals surface area contributed by atoms with Crippen LogP contribution in [0.5, 0.6) is 5.75 Å². The Bertz CT molecular complexity index is 1470. The largest absolute Gasteiger partial charge is 0.487 e. The molecule has 0 saturated heterocycles. The van der Waals surface area contributed by atoms with Gasteiger partial charge in [-0.2, -0.15) is 5.10 Å². The third kappa shape index (κ3) is 5.11. The molecule has 0 spiro atoms. The van der Waals surface area contributed by atoms with E-state index >= 15 is 0 Å². The Labute approximate surface area is 224 Å². The van der Waals surface area contributed by atoms with Crippen molar-refractivity contribution in [3.63, 3.8) is 0 Å². The smallest absolute Gasteiger partial charge is 0.336 e. The molecule has 1 aliphatic heterocycles. The summed E-state index contributed by atoms with van der Waals surface area (Å²) in [5, 5.41) is 19.7. The standard InChI is InChI=1S/C28H28N4O7/c1-6-39-22-13-12-18(14-21(22)32(35)36)26-20(15-31(30-26)19-10-8-7-9-11-19)25-23(27(33)37-4)16(2)29-17(3)24(25)28(34)38-5/h7-15,25,29H,6H2,1-5H3. The van der Waals surface area contributed by atoms with Crippen LogP contribution in [-0.2, 0) is 19.1 Å². The maximum Gasteiger partial charge on any atom is 0.336 e. The molecule has 1 aliphatic rings. The molecule has 0 amide bonds. The van der Waals surface area contributed by atoms with Gasteiger partial charge < -0.3 is 19.5 Å². The van der Waals surface area contributed by atoms with Crippen LogP contribution in [0, 0.1) is 10.1 Å². The molecule has 4 rings (SSSR count). The number of nitrogens with one attached hydrogen (secondary N) is 1. The second kappa shape index (κ2) is 11.2. The molecule has 0 aliphatic carbocycles. The van der Waals surface area contributed by atoms with Gasteiger partial charge in [0.1, 0.15) is 0 Å². The molecular weight excluding hydrogens is 504 g/mol. The predicted molar refractivity (Wildman–Crippen MR) is 142 cm³/mol. The summed E-state index contributed by atoms with van der Waals surface area (Å²) in [6.07, 6.45) is 1.70. The summed E-state index contributed by atoms with van der Waals surface area (Å²) in [7, 11) is 2.51. The van der Waals surface area contributed by atoms with Crippen molar-refractivity contribution in [1.82, 2.24) is 15.1 Å². The summed E-state index contributed by atoms with van der Waals surface area (Å²) in [5.41, 5.74) is 3.03. The van der Waals surface area contributed by atoms with Crippen molar-refractivity contribution in [2.24, 2.45) is 0 Å². The van der Waals surface area contributed by atoms with Gasteiger partial charge in [0.25, 0.3) is 0 Å². The van der Waals surface area contributed by atoms with Crippen molar-refractivity contribution < 1.29 is 28.7 Å². The second-order valence-electron chi connectivity index (χ2n) is 8.70. The predicted octanol–water partition coefficient (Wildman–Crippen LogP) is 4.43. The molecule has 1 N–H and O–H groups in total. The number of hydrogen-bond donors (Lipinski definition) is 1. The minimum Gasteiger partial charge on any atom is -0.487 e. The monoisotopic (exact) mass is 532 g/mol. The highest BCUT2D eigenvalue weighted by atomic mass is 16.6. The number of nitro benzene ring substituents is 1. The Balaban J connectivity index is 2.05. The number of allylic oxidation sites excluding steroid dienone is 2. The SMILES string of the molecule is CCOc1ccc(-c2nn(-c3ccccc3)cc2C2C(C(=O)OC)=C(C)NC(C)=C2C(=O)OC)cc1[N+](=O)[O-]. The maximum absolute atomic E-state index is 13.1. The average molecular weight is 533 g/mol. The van der Waals surface area contributed by atoms with E-state index in [1.165, 1.54) is 26.4 Å². The number of methoxy groups -OCH3 is 2. The molecule has 11 heteroatoms. The zero-order valence-electron chi connectivity index (χ0n) is 22.2. The van der Waals surface area contributed by atoms with E-state index in [1.54, 1.807) is 37.7 Å². The molecule has 0 unspecified atom stereocenters. The topological polar surface area (TPSA) is 135 Å². The van der Waals surface area contributed by atoms with Gasteiger partial charge in [-0.05, 0) is 45.0 Å². The molecule has 2 aromatic carbocycles. The van der Waals surface area contributed by atoms with Gasteiger partial charge >= 0.3 is 17.6 Å². The van der Waals surface area contributed by atoms with Crippen LogP contribution in [0.1, 0.15) is 32.3 Å². The van der Waals surface area contributed by atoms with Gasteiger partial charge in [-0.3, -0.25) is 10.1 Å². The number of nitrogens with zero attached hydrogens (tertiary/aromatic N) is 3. The molecule has 0 bridgehead atoms. The van der Waals surface area contributed by atoms with E-state index in [9.17, 15) is 19.7 Å². The summed E-state index contributed by atoms with van der Waals surface area (Å²) in [6, 6.07) is 13.8. The Morgan fingerprint density at radius 3 is 2.18 bits per heavy atom. The number of aromatic nitrogens is 2. The summed E-state index contributed by atoms with van der Waals surface area (Å²) >= 11 is 0. The van der Waals surface area contributed by atoms with Gasteiger partial charge in [-0.15, -0.1) is 0 Å². The van der Waals surface area contributed by atoms with E-state index in [0.29, 0.717) is 33.9 Å². The normalized spacial score (nSPS) is 13.7. The fourth-order valence-electron chi connectivity index (χ4n) is 4.69. The van der Waals surface area contributed by atoms with Crippen molar-refractivity contribution in [2.75, 3.05) is 20.8 Å². The number of ether oxygens (including phenoxy) is 3. The Hall–Kier alpha value is -4.93. The van der Waals surface area contributed by atoms with Gasteiger partial charge in [0.05, 0.1) is 54.2 Å². The van der Waals surface area contributed by atoms with Gasteiger partial charge in [0, 0.05) is 34.8 Å². The van der Waals surface area contributed by atoms with Crippen molar-refractivity contribution in [1.29, 1.82) is 0 Å². The molecule has 3 aromatic rings. The molecule has 0 saturated carbocycles. The lowest BCUT2D eigenvalue weighted by Crippen LogP contribution is -2.32. The lowest BCUT2D eigenvalue weighted by Gasteiger charge is -2.29. The zero-order chi connectivity index (χ0) is 28.3. The average Bonchev–Trinajstić information content (AvgIpc) is 3.38. The number of carbonyl (C=O) groups is 2. The molecule has 39 heavy (non-hydrogen) atoms. The minimum absolute atomic E-state index is 0.120. The van der Waals surface area contributed by atoms with Crippen molar-refractivity contribution in [3.05, 3.63) is 92.9 Å². The van der Waals surface area contributed by atoms with Crippen LogP contribution in [0.4, 0.5) is 5.69 Å². The Morgan fingerprint density at radius 2 is 1.64 bits per heavy atom. The van der Waals surface area contributed by atoms with Crippen LogP contribution in [-0.4, -0.2) is 47.5 Å². The summed E-state index contributed by atoms with van der Waals surface area (Å²) < 4.78 is 17.2. The van der Waals surface area contributed by atoms with Crippen LogP contribution in [0.25, 0.3) is 16.9 Å². The highest BCUT2D eigenvalue weighted by molar-refractivity contribution is 6.00. The number of benzene rings is 2. The molecule has 1 aromatic heterocycles. The molecule has 202 valence electrons. The highest BCUT2D eigenvalue weighted by Gasteiger charge is 2.40. The number of nitro groups is 1. The van der Waals surface area contributed by atoms with Gasteiger partial charge in [-0.1, -0.05) is 18.2 Å². The first kappa shape index (κ1) is 27.1. The number of hydrogen-bond acceptors (Lipinski definition) is 9. The van der Waals surface area contributed by atoms with Crippen molar-refractivity contribution in [2.45, 2.75) is 26.7 Å². The number of carbonyl (C=O) groups excluding carboxylic acids is 2. The highest BCUT2D eigenvalue weighted by Crippen LogP contribution is 2.44. The first-order valence-corrected chi connectivity index (χ1v) is 12.1. The quantitative estimate of drug-likeness (QED) is 0.254. The molecule has 0 atom stereocenters. The third-order valence-corrected chi connectivity index (χ3v) is 6.37. The van der Waals surface area contributed by atoms with E-state index < -0.39 is 22.8 Å². The lowest BCUT2D eigenvalue weighted by molar-refractivity contribution is -0.385. The van der Waals surface area contributed by atoms with Gasteiger partial charge in [-0.25, -0.2) is 14.3 Å². The molecular formula is C28H28N4O7. The van der Waals surface area contributed by atoms with E-state index in [-0.39, 0.29) is 29.2 Å². The molecule has 0 radical (unpaired) electrons. The van der Waals surface area contributed by atoms with E-state index in [2.05, 4.69) is 5.32 Å². The summed E-state index contributed by atoms with van der Waals surface area (Å²) in [5.74, 6) is -2.11. The second-order valence-corrected chi connectivity index (χ2v) is 8.70. The first-order chi connectivity index (χ1) is 18.7. The first-order valence-electron chi connectivity index (χ1n) is 12.1. The molecule has 11 nitrogen and oxygen atoms in total. The van der Waals surface area contributed by atoms with E-state index in [0.717, 1.165) is 0 Å². The van der Waals surface area contributed by atoms with Crippen LogP contribution < -0.4 is 10.1 Å². The number of rotatable bonds is 8. The number of para-hydroxylation sites is 1. The van der Waals surface area contributed by atoms with Crippen molar-refractivity contribution in [3.8, 4) is 22.7 Å². The van der Waals surface area contributed by atoms with Gasteiger partial charge in [0.2, 0.25) is 0 Å². The lowest BCUT2D eigenvalue weighted by atomic mass is 9.79. The fraction of sp³-hybridized carbons (Fsp3) is 0.250. The van der Waals surface area contributed by atoms with Crippen LogP contribution in [0.3, 0.4) is 0 Å². The number of esters is 2. The number of dihydropyridines is 1. The summed E-state index contributed by atoms with van der Waals surface area (Å²) in [4.78, 5) is 37.5. The molecule has 0 fully saturated rings.